The Morgan fingerprint density at radius 2 is 1.25 bits per heavy atom. The van der Waals surface area contributed by atoms with Crippen LogP contribution in [0.1, 0.15) is 106 Å². The topological polar surface area (TPSA) is 234 Å². The number of ketones is 1. The highest BCUT2D eigenvalue weighted by Gasteiger charge is 2.71. The highest BCUT2D eigenvalue weighted by Crippen LogP contribution is 2.75. The van der Waals surface area contributed by atoms with Crippen molar-refractivity contribution in [3.63, 3.8) is 0 Å². The van der Waals surface area contributed by atoms with Crippen LogP contribution in [0, 0.1) is 50.2 Å². The maximum Gasteiger partial charge on any atom is 0.338 e. The lowest BCUT2D eigenvalue weighted by atomic mass is 9.33. The zero-order chi connectivity index (χ0) is 49.2. The molecule has 0 aromatic carbocycles. The first-order chi connectivity index (χ1) is 31.4. The van der Waals surface area contributed by atoms with Gasteiger partial charge < -0.3 is 58.7 Å². The summed E-state index contributed by atoms with van der Waals surface area (Å²) < 4.78 is 40.5. The van der Waals surface area contributed by atoms with Gasteiger partial charge in [0.15, 0.2) is 30.6 Å². The van der Waals surface area contributed by atoms with Gasteiger partial charge >= 0.3 is 17.9 Å². The van der Waals surface area contributed by atoms with Crippen LogP contribution in [0.5, 0.6) is 0 Å². The molecule has 2 aliphatic heterocycles. The summed E-state index contributed by atoms with van der Waals surface area (Å²) in [7, 11) is 0. The Morgan fingerprint density at radius 1 is 0.687 bits per heavy atom. The summed E-state index contributed by atoms with van der Waals surface area (Å²) in [6, 6.07) is 0. The van der Waals surface area contributed by atoms with E-state index in [1.807, 2.05) is 13.0 Å². The summed E-state index contributed by atoms with van der Waals surface area (Å²) in [5, 5.41) is 55.4. The number of hydrogen-bond donors (Lipinski definition) is 5. The summed E-state index contributed by atoms with van der Waals surface area (Å²) >= 11 is 0. The van der Waals surface area contributed by atoms with E-state index in [9.17, 15) is 39.9 Å². The Bertz CT molecular complexity index is 1980. The van der Waals surface area contributed by atoms with Crippen LogP contribution in [0.2, 0.25) is 0 Å². The molecule has 5 aliphatic carbocycles. The lowest BCUT2D eigenvalue weighted by molar-refractivity contribution is -0.371. The molecule has 4 saturated carbocycles. The van der Waals surface area contributed by atoms with Crippen molar-refractivity contribution in [2.24, 2.45) is 50.2 Å². The molecule has 7 aliphatic rings. The number of allylic oxidation sites excluding steroid dienone is 2. The van der Waals surface area contributed by atoms with Gasteiger partial charge in [0.2, 0.25) is 0 Å². The van der Waals surface area contributed by atoms with Crippen LogP contribution in [-0.4, -0.2) is 137 Å². The average molecular weight is 943 g/mol. The van der Waals surface area contributed by atoms with Gasteiger partial charge in [0.1, 0.15) is 56.4 Å². The lowest BCUT2D eigenvalue weighted by Crippen LogP contribution is -2.68. The molecule has 19 atom stereocenters. The molecule has 0 unspecified atom stereocenters. The van der Waals surface area contributed by atoms with Crippen LogP contribution in [0.4, 0.5) is 0 Å². The Labute approximate surface area is 394 Å². The van der Waals surface area contributed by atoms with Crippen molar-refractivity contribution in [3.05, 3.63) is 49.6 Å². The highest BCUT2D eigenvalue weighted by molar-refractivity contribution is 5.95. The van der Waals surface area contributed by atoms with Crippen LogP contribution in [0.15, 0.2) is 49.6 Å². The quantitative estimate of drug-likeness (QED) is 0.0754. The molecule has 0 aromatic rings. The van der Waals surface area contributed by atoms with E-state index in [2.05, 4.69) is 61.3 Å². The zero-order valence-electron chi connectivity index (χ0n) is 40.2. The minimum atomic E-state index is -1.97. The summed E-state index contributed by atoms with van der Waals surface area (Å²) in [5.74, 6) is -2.57. The molecule has 0 spiro atoms. The number of ether oxygens (including phenoxy) is 7. The first-order valence-electron chi connectivity index (χ1n) is 24.0. The standard InChI is InChI=1S/C51H74O16/c1-11-22-61-41(58)37-33(54)32(53)36(57)43(65-37)67-39-35(56)34(55)38(42(59)62-23-12-2)66-44(39)64-31-15-16-49(8)30(46(31,4)5)14-17-51(10)40(49)29(52)25-27-28-26-48(7,45(60)63-24-13-3)19-18-47(28,6)20-21-50(27,51)9/h11-13,25,28,30-40,43-44,53-57H,1-3,14-24,26H2,4-10H3/t28-,30-,31-,32-,33-,34-,35+,36+,37-,38-,39+,40-,43-,44-,47-,48+,49+,50+,51-/m1/s1. The molecule has 16 nitrogen and oxygen atoms in total. The van der Waals surface area contributed by atoms with E-state index in [-0.39, 0.29) is 60.2 Å². The lowest BCUT2D eigenvalue weighted by Gasteiger charge is -2.70. The van der Waals surface area contributed by atoms with Gasteiger partial charge in [-0.25, -0.2) is 9.59 Å². The van der Waals surface area contributed by atoms with Crippen LogP contribution in [0.3, 0.4) is 0 Å². The minimum Gasteiger partial charge on any atom is -0.461 e. The minimum absolute atomic E-state index is 0.0388. The fourth-order valence-electron chi connectivity index (χ4n) is 14.1. The predicted molar refractivity (Wildman–Crippen MR) is 240 cm³/mol. The molecule has 0 aromatic heterocycles. The van der Waals surface area contributed by atoms with Crippen LogP contribution in [-0.2, 0) is 52.3 Å². The van der Waals surface area contributed by atoms with Crippen molar-refractivity contribution in [2.75, 3.05) is 19.8 Å². The predicted octanol–water partition coefficient (Wildman–Crippen LogP) is 4.18. The number of carbonyl (C=O) groups excluding carboxylic acids is 4. The molecule has 5 N–H and O–H groups in total. The summed E-state index contributed by atoms with van der Waals surface area (Å²) in [4.78, 5) is 54.7. The fraction of sp³-hybridized carbons (Fsp3) is 0.765. The molecule has 16 heteroatoms. The van der Waals surface area contributed by atoms with Gasteiger partial charge in [-0.3, -0.25) is 9.59 Å². The van der Waals surface area contributed by atoms with Gasteiger partial charge in [0.25, 0.3) is 0 Å². The van der Waals surface area contributed by atoms with Crippen LogP contribution < -0.4 is 0 Å². The number of aliphatic hydroxyl groups excluding tert-OH is 5. The number of aliphatic hydroxyl groups is 5. The van der Waals surface area contributed by atoms with Crippen molar-refractivity contribution in [2.45, 2.75) is 174 Å². The molecule has 67 heavy (non-hydrogen) atoms. The van der Waals surface area contributed by atoms with Gasteiger partial charge in [0, 0.05) is 5.92 Å². The number of hydrogen-bond acceptors (Lipinski definition) is 16. The first kappa shape index (κ1) is 51.5. The SMILES string of the molecule is C=CCOC(=O)[C@@H]1O[C@H](O[C@@H]2[C@H](O[C@@H]3CC[C@@]4(C)[C@H](CC[C@]5(C)[C@@H]4C(=O)C=C4[C@H]6C[C@@](C)(C(=O)OCC=C)CC[C@]6(C)CC[C@@]45C)C3(C)C)O[C@@H](C(=O)OCC=C)[C@H](O)[C@@H]2O)[C@@H](O)[C@H](O)[C@H]1O. The number of rotatable bonds is 13. The van der Waals surface area contributed by atoms with Gasteiger partial charge in [0.05, 0.1) is 11.5 Å². The smallest absolute Gasteiger partial charge is 0.338 e. The maximum atomic E-state index is 15.1. The maximum absolute atomic E-state index is 15.1. The molecule has 374 valence electrons. The van der Waals surface area contributed by atoms with Gasteiger partial charge in [-0.05, 0) is 110 Å². The Balaban J connectivity index is 1.17. The monoisotopic (exact) mass is 942 g/mol. The normalized spacial score (nSPS) is 46.7. The molecule has 2 saturated heterocycles. The van der Waals surface area contributed by atoms with Crippen LogP contribution >= 0.6 is 0 Å². The number of carbonyl (C=O) groups is 4. The molecular weight excluding hydrogens is 869 g/mol. The second-order valence-corrected chi connectivity index (χ2v) is 22.4. The van der Waals surface area contributed by atoms with Crippen molar-refractivity contribution < 1.29 is 77.9 Å². The third-order valence-electron chi connectivity index (χ3n) is 18.2. The van der Waals surface area contributed by atoms with E-state index >= 15 is 4.79 Å². The van der Waals surface area contributed by atoms with Crippen molar-refractivity contribution in [1.82, 2.24) is 0 Å². The second-order valence-electron chi connectivity index (χ2n) is 22.4. The Morgan fingerprint density at radius 3 is 1.87 bits per heavy atom. The van der Waals surface area contributed by atoms with Gasteiger partial charge in [-0.1, -0.05) is 85.1 Å². The van der Waals surface area contributed by atoms with E-state index in [1.165, 1.54) is 17.7 Å². The molecule has 2 heterocycles. The summed E-state index contributed by atoms with van der Waals surface area (Å²) in [5.41, 5.74) is -1.44. The number of esters is 3. The summed E-state index contributed by atoms with van der Waals surface area (Å²) in [6.07, 6.45) is -6.40. The highest BCUT2D eigenvalue weighted by atomic mass is 16.8. The molecule has 0 amide bonds. The van der Waals surface area contributed by atoms with E-state index < -0.39 is 101 Å². The molecule has 0 bridgehead atoms. The molecule has 7 rings (SSSR count). The number of fused-ring (bicyclic) bond motifs is 7. The van der Waals surface area contributed by atoms with Gasteiger partial charge in [-0.15, -0.1) is 0 Å². The Kier molecular flexibility index (Phi) is 14.4. The van der Waals surface area contributed by atoms with Crippen LogP contribution in [0.25, 0.3) is 0 Å². The third-order valence-corrected chi connectivity index (χ3v) is 18.2. The first-order valence-corrected chi connectivity index (χ1v) is 24.0. The summed E-state index contributed by atoms with van der Waals surface area (Å²) in [6.45, 7) is 25.8. The van der Waals surface area contributed by atoms with E-state index in [0.29, 0.717) is 19.3 Å². The average Bonchev–Trinajstić information content (AvgIpc) is 3.28. The van der Waals surface area contributed by atoms with Crippen molar-refractivity contribution >= 4 is 23.7 Å². The molecule has 0 radical (unpaired) electrons. The molecule has 6 fully saturated rings. The molecular formula is C51H74O16. The largest absolute Gasteiger partial charge is 0.461 e. The zero-order valence-corrected chi connectivity index (χ0v) is 40.2. The third kappa shape index (κ3) is 8.51. The van der Waals surface area contributed by atoms with E-state index in [0.717, 1.165) is 38.5 Å². The van der Waals surface area contributed by atoms with Crippen molar-refractivity contribution in [1.29, 1.82) is 0 Å². The van der Waals surface area contributed by atoms with Crippen molar-refractivity contribution in [3.8, 4) is 0 Å². The van der Waals surface area contributed by atoms with E-state index in [4.69, 9.17) is 33.2 Å². The van der Waals surface area contributed by atoms with E-state index in [1.54, 1.807) is 6.08 Å². The van der Waals surface area contributed by atoms with Gasteiger partial charge in [-0.2, -0.15) is 0 Å². The Hall–Kier alpha value is -3.32. The fourth-order valence-corrected chi connectivity index (χ4v) is 14.1. The second kappa shape index (κ2) is 18.8.